The highest BCUT2D eigenvalue weighted by atomic mass is 32.2. The van der Waals surface area contributed by atoms with Gasteiger partial charge in [0.2, 0.25) is 5.88 Å². The van der Waals surface area contributed by atoms with Gasteiger partial charge in [-0.25, -0.2) is 22.8 Å². The molecule has 0 aliphatic carbocycles. The van der Waals surface area contributed by atoms with Gasteiger partial charge in [0.25, 0.3) is 5.91 Å². The highest BCUT2D eigenvalue weighted by molar-refractivity contribution is 7.92. The second kappa shape index (κ2) is 10.4. The van der Waals surface area contributed by atoms with Crippen molar-refractivity contribution in [2.45, 2.75) is 37.1 Å². The van der Waals surface area contributed by atoms with Crippen LogP contribution in [0.5, 0.6) is 5.88 Å². The molecule has 0 radical (unpaired) electrons. The maximum atomic E-state index is 14.8. The zero-order valence-electron chi connectivity index (χ0n) is 20.8. The number of aromatic nitrogens is 3. The number of carbonyl (C=O) groups excluding carboxylic acids is 1. The van der Waals surface area contributed by atoms with Crippen LogP contribution in [-0.4, -0.2) is 47.7 Å². The van der Waals surface area contributed by atoms with Crippen molar-refractivity contribution in [2.24, 2.45) is 0 Å². The third-order valence-corrected chi connectivity index (χ3v) is 8.36. The van der Waals surface area contributed by atoms with Crippen LogP contribution in [0.15, 0.2) is 59.6 Å². The van der Waals surface area contributed by atoms with Gasteiger partial charge in [0.15, 0.2) is 9.84 Å². The van der Waals surface area contributed by atoms with Crippen LogP contribution in [0.2, 0.25) is 0 Å². The number of sulfone groups is 1. The second-order valence-corrected chi connectivity index (χ2v) is 11.2. The summed E-state index contributed by atoms with van der Waals surface area (Å²) in [6.45, 7) is 3.69. The molecule has 1 N–H and O–H groups in total. The topological polar surface area (TPSA) is 120 Å². The number of amides is 1. The molecular weight excluding hydrogens is 511 g/mol. The lowest BCUT2D eigenvalue weighted by atomic mass is 10.1. The summed E-state index contributed by atoms with van der Waals surface area (Å²) in [6, 6.07) is 13.2. The van der Waals surface area contributed by atoms with Gasteiger partial charge < -0.3 is 14.8 Å². The molecule has 0 spiro atoms. The van der Waals surface area contributed by atoms with E-state index in [-0.39, 0.29) is 35.8 Å². The van der Waals surface area contributed by atoms with Crippen molar-refractivity contribution in [3.63, 3.8) is 0 Å². The summed E-state index contributed by atoms with van der Waals surface area (Å²) < 4.78 is 51.2. The first-order valence-corrected chi connectivity index (χ1v) is 13.6. The Morgan fingerprint density at radius 1 is 1.16 bits per heavy atom. The van der Waals surface area contributed by atoms with Crippen LogP contribution in [0, 0.1) is 5.82 Å². The largest absolute Gasteiger partial charge is 0.478 e. The number of nitrogens with one attached hydrogen (secondary N) is 1. The molecule has 0 saturated heterocycles. The summed E-state index contributed by atoms with van der Waals surface area (Å²) in [7, 11) is -3.84. The SMILES string of the molecule is CCOc1cccc(-c2ccc3cnc(CNC(=O)c4cc(F)c5c(c4)S(=O)(=O)[C@@H](C)COC5)cc3n2)n1. The average molecular weight is 537 g/mol. The van der Waals surface area contributed by atoms with E-state index in [0.717, 1.165) is 11.5 Å². The number of ether oxygens (including phenoxy) is 2. The molecule has 38 heavy (non-hydrogen) atoms. The molecule has 0 fully saturated rings. The number of nitrogens with zero attached hydrogens (tertiary/aromatic N) is 3. The Morgan fingerprint density at radius 3 is 2.79 bits per heavy atom. The molecule has 1 aromatic carbocycles. The fourth-order valence-electron chi connectivity index (χ4n) is 4.13. The second-order valence-electron chi connectivity index (χ2n) is 8.85. The summed E-state index contributed by atoms with van der Waals surface area (Å²) in [5, 5.41) is 2.64. The third-order valence-electron chi connectivity index (χ3n) is 6.19. The molecule has 1 atom stereocenters. The van der Waals surface area contributed by atoms with Crippen LogP contribution >= 0.6 is 0 Å². The van der Waals surface area contributed by atoms with Gasteiger partial charge in [-0.15, -0.1) is 0 Å². The Hall–Kier alpha value is -3.96. The highest BCUT2D eigenvalue weighted by Gasteiger charge is 2.32. The molecule has 0 bridgehead atoms. The van der Waals surface area contributed by atoms with Gasteiger partial charge in [-0.3, -0.25) is 9.78 Å². The zero-order chi connectivity index (χ0) is 26.9. The minimum atomic E-state index is -3.84. The summed E-state index contributed by atoms with van der Waals surface area (Å²) in [5.74, 6) is -0.915. The molecule has 0 unspecified atom stereocenters. The summed E-state index contributed by atoms with van der Waals surface area (Å²) >= 11 is 0. The van der Waals surface area contributed by atoms with E-state index >= 15 is 0 Å². The van der Waals surface area contributed by atoms with E-state index < -0.39 is 26.8 Å². The van der Waals surface area contributed by atoms with Crippen molar-refractivity contribution in [3.05, 3.63) is 77.4 Å². The summed E-state index contributed by atoms with van der Waals surface area (Å²) in [6.07, 6.45) is 1.65. The predicted octanol–water partition coefficient (Wildman–Crippen LogP) is 3.85. The van der Waals surface area contributed by atoms with Gasteiger partial charge >= 0.3 is 0 Å². The van der Waals surface area contributed by atoms with E-state index in [9.17, 15) is 17.6 Å². The maximum absolute atomic E-state index is 14.8. The first-order chi connectivity index (χ1) is 18.3. The van der Waals surface area contributed by atoms with Crippen LogP contribution in [0.4, 0.5) is 4.39 Å². The standard InChI is InChI=1S/C27H25FN4O5S/c1-3-37-26-6-4-5-22(32-26)23-8-7-17-12-29-19(11-24(17)31-23)13-30-27(33)18-9-21(28)20-15-36-14-16(2)38(34,35)25(20)10-18/h4-12,16H,3,13-15H2,1-2H3,(H,30,33)/t16-/m0/s1. The van der Waals surface area contributed by atoms with Gasteiger partial charge in [-0.2, -0.15) is 0 Å². The Bertz CT molecular complexity index is 1640. The number of halogens is 1. The average Bonchev–Trinajstić information content (AvgIpc) is 3.02. The van der Waals surface area contributed by atoms with Gasteiger partial charge in [0.1, 0.15) is 5.82 Å². The normalized spacial score (nSPS) is 16.4. The number of hydrogen-bond donors (Lipinski definition) is 1. The van der Waals surface area contributed by atoms with Crippen molar-refractivity contribution in [1.82, 2.24) is 20.3 Å². The minimum absolute atomic E-state index is 0.0315. The zero-order valence-corrected chi connectivity index (χ0v) is 21.6. The van der Waals surface area contributed by atoms with E-state index in [1.54, 1.807) is 18.3 Å². The molecule has 0 saturated carbocycles. The first kappa shape index (κ1) is 25.7. The van der Waals surface area contributed by atoms with E-state index in [1.807, 2.05) is 31.2 Å². The number of carbonyl (C=O) groups is 1. The van der Waals surface area contributed by atoms with Gasteiger partial charge in [0, 0.05) is 28.8 Å². The third kappa shape index (κ3) is 5.07. The molecular formula is C27H25FN4O5S. The smallest absolute Gasteiger partial charge is 0.251 e. The monoisotopic (exact) mass is 536 g/mol. The van der Waals surface area contributed by atoms with Gasteiger partial charge in [-0.05, 0) is 50.2 Å². The Balaban J connectivity index is 1.37. The molecule has 11 heteroatoms. The number of hydrogen-bond acceptors (Lipinski definition) is 8. The minimum Gasteiger partial charge on any atom is -0.478 e. The lowest BCUT2D eigenvalue weighted by Crippen LogP contribution is -2.25. The van der Waals surface area contributed by atoms with Crippen molar-refractivity contribution in [1.29, 1.82) is 0 Å². The van der Waals surface area contributed by atoms with E-state index in [4.69, 9.17) is 9.47 Å². The summed E-state index contributed by atoms with van der Waals surface area (Å²) in [4.78, 5) is 26.2. The number of rotatable bonds is 6. The van der Waals surface area contributed by atoms with Crippen LogP contribution < -0.4 is 10.1 Å². The number of fused-ring (bicyclic) bond motifs is 2. The van der Waals surface area contributed by atoms with Crippen molar-refractivity contribution < 1.29 is 27.1 Å². The fourth-order valence-corrected chi connectivity index (χ4v) is 5.63. The van der Waals surface area contributed by atoms with Gasteiger partial charge in [-0.1, -0.05) is 6.07 Å². The number of pyridine rings is 3. The van der Waals surface area contributed by atoms with Crippen LogP contribution in [0.3, 0.4) is 0 Å². The molecule has 4 aromatic rings. The van der Waals surface area contributed by atoms with Crippen LogP contribution in [0.1, 0.15) is 35.5 Å². The highest BCUT2D eigenvalue weighted by Crippen LogP contribution is 2.29. The number of benzene rings is 1. The molecule has 9 nitrogen and oxygen atoms in total. The Labute approximate surface area is 219 Å². The lowest BCUT2D eigenvalue weighted by Gasteiger charge is -2.12. The van der Waals surface area contributed by atoms with Crippen LogP contribution in [0.25, 0.3) is 22.3 Å². The molecule has 1 aliphatic heterocycles. The Kier molecular flexibility index (Phi) is 7.04. The van der Waals surface area contributed by atoms with Crippen molar-refractivity contribution >= 4 is 26.6 Å². The van der Waals surface area contributed by atoms with Gasteiger partial charge in [0.05, 0.1) is 59.1 Å². The van der Waals surface area contributed by atoms with Crippen molar-refractivity contribution in [3.8, 4) is 17.3 Å². The van der Waals surface area contributed by atoms with E-state index in [0.29, 0.717) is 35.1 Å². The molecule has 5 rings (SSSR count). The van der Waals surface area contributed by atoms with Crippen LogP contribution in [-0.2, 0) is 27.7 Å². The molecule has 196 valence electrons. The lowest BCUT2D eigenvalue weighted by molar-refractivity contribution is 0.0949. The molecule has 1 amide bonds. The molecule has 4 heterocycles. The van der Waals surface area contributed by atoms with E-state index in [1.165, 1.54) is 13.0 Å². The quantitative estimate of drug-likeness (QED) is 0.395. The fraction of sp³-hybridized carbons (Fsp3) is 0.259. The Morgan fingerprint density at radius 2 is 1.97 bits per heavy atom. The molecule has 3 aromatic heterocycles. The van der Waals surface area contributed by atoms with Crippen molar-refractivity contribution in [2.75, 3.05) is 13.2 Å². The maximum Gasteiger partial charge on any atom is 0.251 e. The summed E-state index contributed by atoms with van der Waals surface area (Å²) in [5.41, 5.74) is 2.33. The predicted molar refractivity (Wildman–Crippen MR) is 138 cm³/mol. The first-order valence-electron chi connectivity index (χ1n) is 12.0. The van der Waals surface area contributed by atoms with E-state index in [2.05, 4.69) is 20.3 Å². The molecule has 1 aliphatic rings.